The number of alkyl halides is 3. The van der Waals surface area contributed by atoms with Crippen LogP contribution in [0.1, 0.15) is 18.4 Å². The van der Waals surface area contributed by atoms with Crippen LogP contribution in [0.5, 0.6) is 5.88 Å². The minimum Gasteiger partial charge on any atom is -0.466 e. The highest BCUT2D eigenvalue weighted by atomic mass is 31.2. The van der Waals surface area contributed by atoms with Crippen molar-refractivity contribution in [2.24, 2.45) is 0 Å². The van der Waals surface area contributed by atoms with Gasteiger partial charge in [-0.2, -0.15) is 23.1 Å². The van der Waals surface area contributed by atoms with Crippen molar-refractivity contribution in [2.75, 3.05) is 81.8 Å². The fourth-order valence-corrected chi connectivity index (χ4v) is 7.70. The lowest BCUT2D eigenvalue weighted by Crippen LogP contribution is -2.52. The van der Waals surface area contributed by atoms with Crippen molar-refractivity contribution in [2.45, 2.75) is 32.0 Å². The number of aryl methyl sites for hydroxylation is 1. The number of anilines is 5. The van der Waals surface area contributed by atoms with Crippen LogP contribution in [0, 0.1) is 6.92 Å². The lowest BCUT2D eigenvalue weighted by Gasteiger charge is -2.42. The molecule has 1 aromatic carbocycles. The Morgan fingerprint density at radius 3 is 2.35 bits per heavy atom. The topological polar surface area (TPSA) is 125 Å². The molecule has 4 aromatic rings. The Hall–Kier alpha value is -4.07. The number of nitrogens with one attached hydrogen (secondary N) is 2. The molecular formula is C32H40F3N10O2P. The quantitative estimate of drug-likeness (QED) is 0.230. The molecule has 0 atom stereocenters. The van der Waals surface area contributed by atoms with Crippen molar-refractivity contribution < 1.29 is 22.5 Å². The number of fused-ring (bicyclic) bond motifs is 1. The molecule has 2 saturated heterocycles. The van der Waals surface area contributed by atoms with E-state index in [0.29, 0.717) is 39.7 Å². The molecule has 256 valence electrons. The number of hydrogen-bond donors (Lipinski definition) is 2. The highest BCUT2D eigenvalue weighted by Crippen LogP contribution is 2.41. The zero-order valence-corrected chi connectivity index (χ0v) is 28.4. The molecule has 6 rings (SSSR count). The van der Waals surface area contributed by atoms with E-state index in [9.17, 15) is 17.7 Å². The molecule has 5 heterocycles. The largest absolute Gasteiger partial charge is 0.466 e. The average molecular weight is 685 g/mol. The molecule has 2 aliphatic heterocycles. The van der Waals surface area contributed by atoms with Crippen LogP contribution < -0.4 is 25.6 Å². The van der Waals surface area contributed by atoms with Gasteiger partial charge in [-0.3, -0.25) is 14.9 Å². The van der Waals surface area contributed by atoms with E-state index in [1.54, 1.807) is 50.0 Å². The van der Waals surface area contributed by atoms with Gasteiger partial charge in [-0.25, -0.2) is 4.98 Å². The second-order valence-corrected chi connectivity index (χ2v) is 15.8. The maximum Gasteiger partial charge on any atom is 0.422 e. The molecule has 0 unspecified atom stereocenters. The number of halogens is 3. The monoisotopic (exact) mass is 684 g/mol. The number of hydrogen-bond acceptors (Lipinski definition) is 12. The number of likely N-dealkylation sites (N-methyl/N-ethyl adjacent to an activating group) is 1. The zero-order chi connectivity index (χ0) is 34.1. The molecule has 0 amide bonds. The highest BCUT2D eigenvalue weighted by molar-refractivity contribution is 7.71. The Morgan fingerprint density at radius 2 is 1.65 bits per heavy atom. The molecule has 2 fully saturated rings. The van der Waals surface area contributed by atoms with Crippen LogP contribution in [-0.2, 0) is 4.57 Å². The minimum absolute atomic E-state index is 0.108. The first-order chi connectivity index (χ1) is 22.8. The maximum atomic E-state index is 13.3. The van der Waals surface area contributed by atoms with Crippen molar-refractivity contribution in [1.82, 2.24) is 34.7 Å². The van der Waals surface area contributed by atoms with E-state index in [2.05, 4.69) is 57.3 Å². The smallest absolute Gasteiger partial charge is 0.422 e. The first kappa shape index (κ1) is 33.8. The van der Waals surface area contributed by atoms with Gasteiger partial charge < -0.3 is 29.7 Å². The number of ether oxygens (including phenoxy) is 1. The predicted octanol–water partition coefficient (Wildman–Crippen LogP) is 5.02. The third kappa shape index (κ3) is 7.96. The van der Waals surface area contributed by atoms with E-state index in [-0.39, 0.29) is 17.5 Å². The van der Waals surface area contributed by atoms with E-state index in [0.717, 1.165) is 57.7 Å². The van der Waals surface area contributed by atoms with Crippen LogP contribution in [-0.4, -0.2) is 113 Å². The number of benzene rings is 1. The van der Waals surface area contributed by atoms with Crippen LogP contribution >= 0.6 is 7.14 Å². The highest BCUT2D eigenvalue weighted by Gasteiger charge is 2.31. The maximum absolute atomic E-state index is 13.3. The standard InChI is InChI=1S/C32H40F3N10O2P/c1-21-19-25(30(47-20-32(33,34)35)42-29(21)45-13-8-22(9-14-45)44-17-15-43(2)16-18-44)40-31-38-10-7-26(41-31)39-24-6-5-23-27(37-12-11-36-23)28(24)48(3,4)46/h5-7,10-12,19,22H,8-9,13-18,20H2,1-4H3,(H2,38,39,40,41). The summed E-state index contributed by atoms with van der Waals surface area (Å²) in [5, 5.41) is 6.76. The molecule has 0 bridgehead atoms. The summed E-state index contributed by atoms with van der Waals surface area (Å²) in [7, 11) is -0.678. The van der Waals surface area contributed by atoms with Gasteiger partial charge in [0.1, 0.15) is 30.0 Å². The molecule has 0 saturated carbocycles. The Balaban J connectivity index is 1.23. The van der Waals surface area contributed by atoms with Gasteiger partial charge in [0.25, 0.3) is 0 Å². The lowest BCUT2D eigenvalue weighted by molar-refractivity contribution is -0.153. The Morgan fingerprint density at radius 1 is 0.917 bits per heavy atom. The van der Waals surface area contributed by atoms with Gasteiger partial charge in [0.2, 0.25) is 11.8 Å². The summed E-state index contributed by atoms with van der Waals surface area (Å²) in [5.74, 6) is 0.885. The average Bonchev–Trinajstić information content (AvgIpc) is 3.04. The fraction of sp³-hybridized carbons (Fsp3) is 0.469. The number of nitrogens with zero attached hydrogens (tertiary/aromatic N) is 8. The number of pyridine rings is 1. The van der Waals surface area contributed by atoms with Crippen LogP contribution in [0.4, 0.5) is 42.1 Å². The van der Waals surface area contributed by atoms with Gasteiger partial charge in [-0.15, -0.1) is 0 Å². The second-order valence-electron chi connectivity index (χ2n) is 12.7. The molecule has 12 nitrogen and oxygen atoms in total. The van der Waals surface area contributed by atoms with E-state index in [1.165, 1.54) is 6.20 Å². The molecular weight excluding hydrogens is 644 g/mol. The summed E-state index contributed by atoms with van der Waals surface area (Å²) in [6.07, 6.45) is 1.98. The van der Waals surface area contributed by atoms with E-state index in [1.807, 2.05) is 6.92 Å². The van der Waals surface area contributed by atoms with Crippen molar-refractivity contribution >= 4 is 52.4 Å². The molecule has 2 N–H and O–H groups in total. The molecule has 3 aromatic heterocycles. The lowest BCUT2D eigenvalue weighted by atomic mass is 10.0. The molecule has 48 heavy (non-hydrogen) atoms. The summed E-state index contributed by atoms with van der Waals surface area (Å²) in [6, 6.07) is 7.37. The molecule has 0 spiro atoms. The summed E-state index contributed by atoms with van der Waals surface area (Å²) in [5.41, 5.74) is 2.68. The van der Waals surface area contributed by atoms with E-state index < -0.39 is 19.9 Å². The van der Waals surface area contributed by atoms with Gasteiger partial charge in [-0.1, -0.05) is 0 Å². The van der Waals surface area contributed by atoms with Crippen molar-refractivity contribution in [3.63, 3.8) is 0 Å². The summed E-state index contributed by atoms with van der Waals surface area (Å²) < 4.78 is 58.5. The first-order valence-corrected chi connectivity index (χ1v) is 18.5. The molecule has 2 aliphatic rings. The minimum atomic E-state index is -4.55. The van der Waals surface area contributed by atoms with Gasteiger partial charge in [0, 0.05) is 63.9 Å². The summed E-state index contributed by atoms with van der Waals surface area (Å²) >= 11 is 0. The van der Waals surface area contributed by atoms with Gasteiger partial charge in [0.05, 0.1) is 16.5 Å². The second kappa shape index (κ2) is 13.8. The molecule has 16 heteroatoms. The Bertz CT molecular complexity index is 1810. The van der Waals surface area contributed by atoms with Crippen molar-refractivity contribution in [1.29, 1.82) is 0 Å². The first-order valence-electron chi connectivity index (χ1n) is 15.9. The molecule has 0 aliphatic carbocycles. The molecule has 0 radical (unpaired) electrons. The number of rotatable bonds is 9. The van der Waals surface area contributed by atoms with Gasteiger partial charge in [-0.05, 0) is 70.0 Å². The fourth-order valence-electron chi connectivity index (χ4n) is 6.30. The summed E-state index contributed by atoms with van der Waals surface area (Å²) in [4.78, 5) is 29.2. The number of piperazine rings is 1. The van der Waals surface area contributed by atoms with Crippen LogP contribution in [0.2, 0.25) is 0 Å². The van der Waals surface area contributed by atoms with Gasteiger partial charge >= 0.3 is 6.18 Å². The predicted molar refractivity (Wildman–Crippen MR) is 182 cm³/mol. The zero-order valence-electron chi connectivity index (χ0n) is 27.5. The summed E-state index contributed by atoms with van der Waals surface area (Å²) in [6.45, 7) is 9.39. The third-order valence-corrected chi connectivity index (χ3v) is 10.2. The Labute approximate surface area is 277 Å². The SMILES string of the molecule is Cc1cc(Nc2nccc(Nc3ccc4nccnc4c3P(C)(C)=O)n2)c(OCC(F)(F)F)nc1N1CCC(N2CCN(C)CC2)CC1. The van der Waals surface area contributed by atoms with E-state index in [4.69, 9.17) is 4.74 Å². The van der Waals surface area contributed by atoms with Gasteiger partial charge in [0.15, 0.2) is 6.61 Å². The van der Waals surface area contributed by atoms with Crippen molar-refractivity contribution in [3.05, 3.63) is 48.4 Å². The Kier molecular flexibility index (Phi) is 9.73. The van der Waals surface area contributed by atoms with Crippen LogP contribution in [0.15, 0.2) is 42.9 Å². The third-order valence-electron chi connectivity index (χ3n) is 8.66. The van der Waals surface area contributed by atoms with Crippen LogP contribution in [0.25, 0.3) is 11.0 Å². The normalized spacial score (nSPS) is 17.1. The van der Waals surface area contributed by atoms with Crippen molar-refractivity contribution in [3.8, 4) is 5.88 Å². The van der Waals surface area contributed by atoms with E-state index >= 15 is 0 Å². The number of piperidine rings is 1. The van der Waals surface area contributed by atoms with Crippen LogP contribution in [0.3, 0.4) is 0 Å². The number of aromatic nitrogens is 5.